The molecule has 2 aromatic carbocycles. The largest absolute Gasteiger partial charge is 0.491 e. The molecule has 0 aliphatic rings. The van der Waals surface area contributed by atoms with E-state index < -0.39 is 0 Å². The van der Waals surface area contributed by atoms with Gasteiger partial charge >= 0.3 is 0 Å². The monoisotopic (exact) mass is 354 g/mol. The van der Waals surface area contributed by atoms with Gasteiger partial charge in [-0.2, -0.15) is 0 Å². The number of nitrogens with zero attached hydrogens (tertiary/aromatic N) is 1. The van der Waals surface area contributed by atoms with E-state index in [9.17, 15) is 9.59 Å². The third-order valence-electron chi connectivity index (χ3n) is 3.86. The van der Waals surface area contributed by atoms with Crippen molar-refractivity contribution in [2.24, 2.45) is 0 Å². The summed E-state index contributed by atoms with van der Waals surface area (Å²) in [4.78, 5) is 25.8. The number of benzene rings is 2. The second-order valence-corrected chi connectivity index (χ2v) is 6.45. The van der Waals surface area contributed by atoms with E-state index >= 15 is 0 Å². The van der Waals surface area contributed by atoms with Gasteiger partial charge in [0.05, 0.1) is 6.10 Å². The Kier molecular flexibility index (Phi) is 6.78. The number of amides is 2. The molecule has 0 spiro atoms. The van der Waals surface area contributed by atoms with E-state index in [1.54, 1.807) is 17.0 Å². The zero-order chi connectivity index (χ0) is 19.1. The summed E-state index contributed by atoms with van der Waals surface area (Å²) < 4.78 is 5.58. The van der Waals surface area contributed by atoms with Gasteiger partial charge in [-0.25, -0.2) is 0 Å². The van der Waals surface area contributed by atoms with Crippen LogP contribution >= 0.6 is 0 Å². The molecule has 0 fully saturated rings. The van der Waals surface area contributed by atoms with Crippen molar-refractivity contribution in [2.45, 2.75) is 40.2 Å². The third-order valence-corrected chi connectivity index (χ3v) is 3.86. The Morgan fingerprint density at radius 3 is 2.31 bits per heavy atom. The first kappa shape index (κ1) is 19.5. The van der Waals surface area contributed by atoms with E-state index in [2.05, 4.69) is 5.32 Å². The molecule has 5 heteroatoms. The number of carbonyl (C=O) groups is 2. The number of ether oxygens (including phenoxy) is 1. The maximum atomic E-state index is 12.2. The fraction of sp³-hybridized carbons (Fsp3) is 0.333. The van der Waals surface area contributed by atoms with Crippen LogP contribution < -0.4 is 15.0 Å². The summed E-state index contributed by atoms with van der Waals surface area (Å²) in [6.07, 6.45) is 0.326. The highest BCUT2D eigenvalue weighted by Gasteiger charge is 2.15. The number of nitrogens with one attached hydrogen (secondary N) is 1. The van der Waals surface area contributed by atoms with E-state index in [-0.39, 0.29) is 24.3 Å². The molecule has 26 heavy (non-hydrogen) atoms. The molecule has 0 aromatic heterocycles. The van der Waals surface area contributed by atoms with Crippen molar-refractivity contribution in [2.75, 3.05) is 16.8 Å². The molecule has 138 valence electrons. The Hall–Kier alpha value is -2.82. The predicted octanol–water partition coefficient (Wildman–Crippen LogP) is 4.16. The molecule has 2 rings (SSSR count). The molecule has 0 saturated heterocycles. The normalized spacial score (nSPS) is 10.5. The van der Waals surface area contributed by atoms with Gasteiger partial charge in [-0.05, 0) is 56.7 Å². The summed E-state index contributed by atoms with van der Waals surface area (Å²) in [5.41, 5.74) is 2.54. The van der Waals surface area contributed by atoms with Crippen LogP contribution in [0, 0.1) is 6.92 Å². The number of aryl methyl sites for hydroxylation is 1. The quantitative estimate of drug-likeness (QED) is 0.812. The molecular weight excluding hydrogens is 328 g/mol. The summed E-state index contributed by atoms with van der Waals surface area (Å²) in [6.45, 7) is 7.72. The van der Waals surface area contributed by atoms with Crippen molar-refractivity contribution in [3.8, 4) is 5.75 Å². The lowest BCUT2D eigenvalue weighted by Gasteiger charge is -2.22. The van der Waals surface area contributed by atoms with Crippen LogP contribution in [-0.2, 0) is 9.59 Å². The summed E-state index contributed by atoms with van der Waals surface area (Å²) in [7, 11) is 0. The lowest BCUT2D eigenvalue weighted by atomic mass is 10.1. The highest BCUT2D eigenvalue weighted by molar-refractivity contribution is 5.95. The second kappa shape index (κ2) is 9.04. The van der Waals surface area contributed by atoms with Crippen molar-refractivity contribution < 1.29 is 14.3 Å². The standard InChI is InChI=1S/C21H26N2O3/c1-15(2)26-19-11-9-18(10-12-19)22-21(25)13-14-23(17(4)24)20-8-6-5-7-16(20)3/h5-12,15H,13-14H2,1-4H3,(H,22,25). The van der Waals surface area contributed by atoms with E-state index in [4.69, 9.17) is 4.74 Å². The van der Waals surface area contributed by atoms with Gasteiger partial charge < -0.3 is 15.0 Å². The molecule has 2 amide bonds. The molecule has 0 unspecified atom stereocenters. The molecular formula is C21H26N2O3. The predicted molar refractivity (Wildman–Crippen MR) is 105 cm³/mol. The molecule has 0 radical (unpaired) electrons. The molecule has 0 atom stereocenters. The minimum absolute atomic E-state index is 0.0812. The Bertz CT molecular complexity index is 754. The Labute approximate surface area is 155 Å². The van der Waals surface area contributed by atoms with E-state index in [0.29, 0.717) is 12.2 Å². The molecule has 0 aliphatic carbocycles. The maximum absolute atomic E-state index is 12.2. The molecule has 1 N–H and O–H groups in total. The first-order valence-electron chi connectivity index (χ1n) is 8.77. The van der Waals surface area contributed by atoms with Crippen LogP contribution in [0.2, 0.25) is 0 Å². The SMILES string of the molecule is CC(=O)N(CCC(=O)Nc1ccc(OC(C)C)cc1)c1ccccc1C. The summed E-state index contributed by atoms with van der Waals surface area (Å²) >= 11 is 0. The summed E-state index contributed by atoms with van der Waals surface area (Å²) in [5.74, 6) is 0.546. The number of rotatable bonds is 7. The van der Waals surface area contributed by atoms with Gasteiger partial charge in [-0.15, -0.1) is 0 Å². The van der Waals surface area contributed by atoms with Crippen molar-refractivity contribution >= 4 is 23.2 Å². The zero-order valence-electron chi connectivity index (χ0n) is 15.8. The topological polar surface area (TPSA) is 58.6 Å². The van der Waals surface area contributed by atoms with Crippen molar-refractivity contribution in [3.63, 3.8) is 0 Å². The number of hydrogen-bond acceptors (Lipinski definition) is 3. The van der Waals surface area contributed by atoms with Gasteiger partial charge in [0.25, 0.3) is 0 Å². The van der Waals surface area contributed by atoms with Gasteiger partial charge in [0, 0.05) is 31.3 Å². The molecule has 5 nitrogen and oxygen atoms in total. The molecule has 2 aromatic rings. The number of anilines is 2. The molecule has 0 aliphatic heterocycles. The first-order chi connectivity index (χ1) is 12.4. The van der Waals surface area contributed by atoms with Gasteiger partial charge in [0.2, 0.25) is 11.8 Å². The lowest BCUT2D eigenvalue weighted by molar-refractivity contribution is -0.117. The minimum Gasteiger partial charge on any atom is -0.491 e. The van der Waals surface area contributed by atoms with Gasteiger partial charge in [0.1, 0.15) is 5.75 Å². The smallest absolute Gasteiger partial charge is 0.226 e. The fourth-order valence-corrected chi connectivity index (χ4v) is 2.64. The Balaban J connectivity index is 1.94. The van der Waals surface area contributed by atoms with Crippen LogP contribution in [0.1, 0.15) is 32.8 Å². The Morgan fingerprint density at radius 2 is 1.73 bits per heavy atom. The van der Waals surface area contributed by atoms with E-state index in [0.717, 1.165) is 17.0 Å². The van der Waals surface area contributed by atoms with Crippen LogP contribution in [0.4, 0.5) is 11.4 Å². The van der Waals surface area contributed by atoms with Crippen molar-refractivity contribution in [1.82, 2.24) is 0 Å². The second-order valence-electron chi connectivity index (χ2n) is 6.45. The zero-order valence-corrected chi connectivity index (χ0v) is 15.8. The lowest BCUT2D eigenvalue weighted by Crippen LogP contribution is -2.32. The molecule has 0 saturated carbocycles. The highest BCUT2D eigenvalue weighted by atomic mass is 16.5. The first-order valence-corrected chi connectivity index (χ1v) is 8.77. The fourth-order valence-electron chi connectivity index (χ4n) is 2.64. The van der Waals surface area contributed by atoms with E-state index in [1.807, 2.05) is 57.2 Å². The van der Waals surface area contributed by atoms with Gasteiger partial charge in [0.15, 0.2) is 0 Å². The van der Waals surface area contributed by atoms with Crippen molar-refractivity contribution in [3.05, 3.63) is 54.1 Å². The summed E-state index contributed by atoms with van der Waals surface area (Å²) in [5, 5.41) is 2.85. The Morgan fingerprint density at radius 1 is 1.08 bits per heavy atom. The van der Waals surface area contributed by atoms with Crippen LogP contribution in [0.15, 0.2) is 48.5 Å². The highest BCUT2D eigenvalue weighted by Crippen LogP contribution is 2.20. The van der Waals surface area contributed by atoms with Crippen LogP contribution in [0.5, 0.6) is 5.75 Å². The van der Waals surface area contributed by atoms with Gasteiger partial charge in [-0.1, -0.05) is 18.2 Å². The number of para-hydroxylation sites is 1. The molecule has 0 bridgehead atoms. The van der Waals surface area contributed by atoms with Gasteiger partial charge in [-0.3, -0.25) is 9.59 Å². The number of hydrogen-bond donors (Lipinski definition) is 1. The van der Waals surface area contributed by atoms with Crippen molar-refractivity contribution in [1.29, 1.82) is 0 Å². The van der Waals surface area contributed by atoms with Crippen LogP contribution in [-0.4, -0.2) is 24.5 Å². The maximum Gasteiger partial charge on any atom is 0.226 e. The number of carbonyl (C=O) groups excluding carboxylic acids is 2. The molecule has 0 heterocycles. The minimum atomic E-state index is -0.137. The van der Waals surface area contributed by atoms with Crippen LogP contribution in [0.3, 0.4) is 0 Å². The van der Waals surface area contributed by atoms with Crippen LogP contribution in [0.25, 0.3) is 0 Å². The average Bonchev–Trinajstić information content (AvgIpc) is 2.57. The average molecular weight is 354 g/mol. The third kappa shape index (κ3) is 5.62. The summed E-state index contributed by atoms with van der Waals surface area (Å²) in [6, 6.07) is 14.9. The van der Waals surface area contributed by atoms with E-state index in [1.165, 1.54) is 6.92 Å².